The third-order valence-electron chi connectivity index (χ3n) is 3.56. The van der Waals surface area contributed by atoms with Gasteiger partial charge in [0.15, 0.2) is 5.96 Å². The van der Waals surface area contributed by atoms with Gasteiger partial charge in [0, 0.05) is 24.3 Å². The predicted octanol–water partition coefficient (Wildman–Crippen LogP) is 2.71. The molecular formula is C19H24N4O2. The van der Waals surface area contributed by atoms with E-state index < -0.39 is 0 Å². The number of aliphatic hydroxyl groups is 1. The summed E-state index contributed by atoms with van der Waals surface area (Å²) in [5.74, 6) is 0.343. The fourth-order valence-electron chi connectivity index (χ4n) is 2.22. The zero-order valence-corrected chi connectivity index (χ0v) is 14.1. The largest absolute Gasteiger partial charge is 0.392 e. The van der Waals surface area contributed by atoms with Gasteiger partial charge in [-0.15, -0.1) is 0 Å². The van der Waals surface area contributed by atoms with Crippen molar-refractivity contribution in [3.63, 3.8) is 0 Å². The summed E-state index contributed by atoms with van der Waals surface area (Å²) in [5, 5.41) is 14.8. The molecule has 5 N–H and O–H groups in total. The highest BCUT2D eigenvalue weighted by Crippen LogP contribution is 2.10. The highest BCUT2D eigenvalue weighted by Gasteiger charge is 2.02. The predicted molar refractivity (Wildman–Crippen MR) is 101 cm³/mol. The molecule has 2 aromatic carbocycles. The van der Waals surface area contributed by atoms with E-state index in [4.69, 9.17) is 10.8 Å². The molecule has 0 fully saturated rings. The van der Waals surface area contributed by atoms with Crippen LogP contribution in [0.25, 0.3) is 0 Å². The average Bonchev–Trinajstić information content (AvgIpc) is 2.63. The van der Waals surface area contributed by atoms with Gasteiger partial charge in [0.2, 0.25) is 5.91 Å². The van der Waals surface area contributed by atoms with E-state index in [9.17, 15) is 4.79 Å². The first kappa shape index (κ1) is 18.5. The van der Waals surface area contributed by atoms with Gasteiger partial charge < -0.3 is 21.5 Å². The molecule has 0 atom stereocenters. The Hall–Kier alpha value is -2.86. The van der Waals surface area contributed by atoms with Crippen LogP contribution in [0.15, 0.2) is 59.6 Å². The Morgan fingerprint density at radius 2 is 1.64 bits per heavy atom. The van der Waals surface area contributed by atoms with E-state index in [1.807, 2.05) is 30.3 Å². The minimum atomic E-state index is -0.0314. The minimum absolute atomic E-state index is 0.00297. The van der Waals surface area contributed by atoms with Crippen LogP contribution in [-0.2, 0) is 11.4 Å². The van der Waals surface area contributed by atoms with E-state index in [0.717, 1.165) is 29.8 Å². The molecule has 0 aliphatic carbocycles. The lowest BCUT2D eigenvalue weighted by Crippen LogP contribution is -2.22. The summed E-state index contributed by atoms with van der Waals surface area (Å²) in [5.41, 5.74) is 8.26. The quantitative estimate of drug-likeness (QED) is 0.337. The van der Waals surface area contributed by atoms with E-state index in [-0.39, 0.29) is 12.5 Å². The molecular weight excluding hydrogens is 316 g/mol. The molecule has 6 heteroatoms. The van der Waals surface area contributed by atoms with Crippen molar-refractivity contribution >= 4 is 23.2 Å². The second-order valence-electron chi connectivity index (χ2n) is 5.62. The molecule has 0 unspecified atom stereocenters. The maximum absolute atomic E-state index is 11.9. The number of carbonyl (C=O) groups is 1. The number of amides is 1. The number of nitrogens with zero attached hydrogens (tertiary/aromatic N) is 1. The molecule has 2 aromatic rings. The third-order valence-corrected chi connectivity index (χ3v) is 3.56. The van der Waals surface area contributed by atoms with E-state index >= 15 is 0 Å². The first-order valence-electron chi connectivity index (χ1n) is 8.29. The van der Waals surface area contributed by atoms with Crippen molar-refractivity contribution in [1.29, 1.82) is 0 Å². The van der Waals surface area contributed by atoms with Crippen molar-refractivity contribution in [2.24, 2.45) is 10.7 Å². The fraction of sp³-hybridized carbons (Fsp3) is 0.263. The third kappa shape index (κ3) is 7.05. The van der Waals surface area contributed by atoms with E-state index in [1.165, 1.54) is 0 Å². The van der Waals surface area contributed by atoms with Crippen LogP contribution in [-0.4, -0.2) is 23.5 Å². The number of nitrogens with two attached hydrogens (primary N) is 1. The highest BCUT2D eigenvalue weighted by atomic mass is 16.3. The van der Waals surface area contributed by atoms with Crippen molar-refractivity contribution < 1.29 is 9.90 Å². The zero-order valence-electron chi connectivity index (χ0n) is 14.1. The number of hydrogen-bond donors (Lipinski definition) is 4. The number of guanidine groups is 1. The molecule has 2 rings (SSSR count). The van der Waals surface area contributed by atoms with Gasteiger partial charge in [-0.05, 0) is 42.7 Å². The molecule has 6 nitrogen and oxygen atoms in total. The van der Waals surface area contributed by atoms with Gasteiger partial charge in [-0.2, -0.15) is 0 Å². The Balaban J connectivity index is 1.63. The van der Waals surface area contributed by atoms with Gasteiger partial charge in [-0.3, -0.25) is 9.79 Å². The molecule has 0 saturated heterocycles. The number of carbonyl (C=O) groups excluding carboxylic acids is 1. The maximum Gasteiger partial charge on any atom is 0.224 e. The molecule has 132 valence electrons. The van der Waals surface area contributed by atoms with Gasteiger partial charge >= 0.3 is 0 Å². The summed E-state index contributed by atoms with van der Waals surface area (Å²) >= 11 is 0. The lowest BCUT2D eigenvalue weighted by molar-refractivity contribution is -0.116. The molecule has 0 heterocycles. The maximum atomic E-state index is 11.9. The first-order valence-corrected chi connectivity index (χ1v) is 8.29. The van der Waals surface area contributed by atoms with Crippen LogP contribution < -0.4 is 16.4 Å². The number of aliphatic hydroxyl groups excluding tert-OH is 1. The van der Waals surface area contributed by atoms with E-state index in [0.29, 0.717) is 18.9 Å². The molecule has 0 spiro atoms. The van der Waals surface area contributed by atoms with Crippen molar-refractivity contribution in [1.82, 2.24) is 0 Å². The van der Waals surface area contributed by atoms with Gasteiger partial charge in [-0.25, -0.2) is 0 Å². The summed E-state index contributed by atoms with van der Waals surface area (Å²) in [4.78, 5) is 16.1. The summed E-state index contributed by atoms with van der Waals surface area (Å²) in [6.45, 7) is 0.571. The normalized spacial score (nSPS) is 11.2. The SMILES string of the molecule is NC(=NCCCCC(=O)Nc1ccc(CO)cc1)Nc1ccccc1. The van der Waals surface area contributed by atoms with Crippen LogP contribution in [0.1, 0.15) is 24.8 Å². The zero-order chi connectivity index (χ0) is 17.9. The first-order chi connectivity index (χ1) is 12.2. The van der Waals surface area contributed by atoms with E-state index in [2.05, 4.69) is 15.6 Å². The Kier molecular flexibility index (Phi) is 7.46. The lowest BCUT2D eigenvalue weighted by Gasteiger charge is -2.06. The lowest BCUT2D eigenvalue weighted by atomic mass is 10.2. The number of aliphatic imine (C=N–C) groups is 1. The summed E-state index contributed by atoms with van der Waals surface area (Å²) < 4.78 is 0. The summed E-state index contributed by atoms with van der Waals surface area (Å²) in [6.07, 6.45) is 1.96. The number of unbranched alkanes of at least 4 members (excludes halogenated alkanes) is 1. The number of benzene rings is 2. The van der Waals surface area contributed by atoms with Crippen molar-refractivity contribution in [2.75, 3.05) is 17.2 Å². The van der Waals surface area contributed by atoms with Crippen molar-refractivity contribution in [3.8, 4) is 0 Å². The van der Waals surface area contributed by atoms with E-state index in [1.54, 1.807) is 24.3 Å². The monoisotopic (exact) mass is 340 g/mol. The molecule has 0 radical (unpaired) electrons. The van der Waals surface area contributed by atoms with Gasteiger partial charge in [0.05, 0.1) is 6.61 Å². The Morgan fingerprint density at radius 1 is 0.960 bits per heavy atom. The topological polar surface area (TPSA) is 99.7 Å². The standard InChI is InChI=1S/C19H24N4O2/c20-19(23-16-6-2-1-3-7-16)21-13-5-4-8-18(25)22-17-11-9-15(14-24)10-12-17/h1-3,6-7,9-12,24H,4-5,8,13-14H2,(H,22,25)(H3,20,21,23). The Bertz CT molecular complexity index is 684. The molecule has 0 saturated carbocycles. The molecule has 1 amide bonds. The number of para-hydroxylation sites is 1. The van der Waals surface area contributed by atoms with Crippen LogP contribution >= 0.6 is 0 Å². The van der Waals surface area contributed by atoms with Crippen LogP contribution in [0.2, 0.25) is 0 Å². The average molecular weight is 340 g/mol. The number of rotatable bonds is 8. The van der Waals surface area contributed by atoms with Crippen LogP contribution in [0.5, 0.6) is 0 Å². The fourth-order valence-corrected chi connectivity index (χ4v) is 2.22. The van der Waals surface area contributed by atoms with Gasteiger partial charge in [0.25, 0.3) is 0 Å². The number of anilines is 2. The van der Waals surface area contributed by atoms with Crippen molar-refractivity contribution in [2.45, 2.75) is 25.9 Å². The molecule has 0 aliphatic heterocycles. The number of hydrogen-bond acceptors (Lipinski definition) is 3. The Labute approximate surface area is 147 Å². The summed E-state index contributed by atoms with van der Waals surface area (Å²) in [7, 11) is 0. The van der Waals surface area contributed by atoms with Crippen LogP contribution in [0, 0.1) is 0 Å². The molecule has 0 bridgehead atoms. The Morgan fingerprint density at radius 3 is 2.32 bits per heavy atom. The highest BCUT2D eigenvalue weighted by molar-refractivity contribution is 5.92. The summed E-state index contributed by atoms with van der Waals surface area (Å²) in [6, 6.07) is 16.7. The van der Waals surface area contributed by atoms with Gasteiger partial charge in [-0.1, -0.05) is 30.3 Å². The minimum Gasteiger partial charge on any atom is -0.392 e. The van der Waals surface area contributed by atoms with Crippen LogP contribution in [0.3, 0.4) is 0 Å². The number of nitrogens with one attached hydrogen (secondary N) is 2. The molecule has 0 aliphatic rings. The van der Waals surface area contributed by atoms with Crippen LogP contribution in [0.4, 0.5) is 11.4 Å². The van der Waals surface area contributed by atoms with Crippen molar-refractivity contribution in [3.05, 3.63) is 60.2 Å². The second kappa shape index (κ2) is 10.1. The second-order valence-corrected chi connectivity index (χ2v) is 5.62. The molecule has 0 aromatic heterocycles. The molecule has 25 heavy (non-hydrogen) atoms. The van der Waals surface area contributed by atoms with Gasteiger partial charge in [0.1, 0.15) is 0 Å². The smallest absolute Gasteiger partial charge is 0.224 e.